The highest BCUT2D eigenvalue weighted by atomic mass is 15.2. The van der Waals surface area contributed by atoms with Crippen molar-refractivity contribution in [3.63, 3.8) is 0 Å². The van der Waals surface area contributed by atoms with Crippen LogP contribution >= 0.6 is 0 Å². The molecule has 3 N–H and O–H groups in total. The van der Waals surface area contributed by atoms with E-state index in [2.05, 4.69) is 22.5 Å². The molecule has 0 bridgehead atoms. The minimum absolute atomic E-state index is 0.142. The van der Waals surface area contributed by atoms with E-state index in [9.17, 15) is 0 Å². The first kappa shape index (κ1) is 10.8. The van der Waals surface area contributed by atoms with Crippen molar-refractivity contribution in [3.8, 4) is 0 Å². The standard InChI is InChI=1S/C13H15N3/c14-16-13(12-4-2-1-3-5-12)10-11-6-8-15-9-7-11/h1-9,13,16H,10,14H2. The van der Waals surface area contributed by atoms with Gasteiger partial charge >= 0.3 is 0 Å². The van der Waals surface area contributed by atoms with Crippen LogP contribution in [-0.2, 0) is 6.42 Å². The summed E-state index contributed by atoms with van der Waals surface area (Å²) in [5.74, 6) is 5.59. The van der Waals surface area contributed by atoms with Gasteiger partial charge in [0.2, 0.25) is 0 Å². The second kappa shape index (κ2) is 5.39. The molecule has 2 rings (SSSR count). The Morgan fingerprint density at radius 1 is 1.06 bits per heavy atom. The van der Waals surface area contributed by atoms with Crippen LogP contribution in [0.4, 0.5) is 0 Å². The van der Waals surface area contributed by atoms with Crippen molar-refractivity contribution in [1.29, 1.82) is 0 Å². The van der Waals surface area contributed by atoms with Crippen LogP contribution in [-0.4, -0.2) is 4.98 Å². The fraction of sp³-hybridized carbons (Fsp3) is 0.154. The van der Waals surface area contributed by atoms with Gasteiger partial charge in [-0.05, 0) is 29.7 Å². The van der Waals surface area contributed by atoms with Crippen LogP contribution in [0.1, 0.15) is 17.2 Å². The summed E-state index contributed by atoms with van der Waals surface area (Å²) in [6.45, 7) is 0. The number of hydrazine groups is 1. The molecule has 1 unspecified atom stereocenters. The Morgan fingerprint density at radius 2 is 1.75 bits per heavy atom. The third-order valence-electron chi connectivity index (χ3n) is 2.59. The van der Waals surface area contributed by atoms with Crippen molar-refractivity contribution >= 4 is 0 Å². The van der Waals surface area contributed by atoms with Crippen molar-refractivity contribution in [2.75, 3.05) is 0 Å². The summed E-state index contributed by atoms with van der Waals surface area (Å²) >= 11 is 0. The molecule has 0 saturated carbocycles. The maximum Gasteiger partial charge on any atom is 0.0500 e. The van der Waals surface area contributed by atoms with Crippen molar-refractivity contribution in [2.45, 2.75) is 12.5 Å². The molecule has 3 nitrogen and oxygen atoms in total. The van der Waals surface area contributed by atoms with E-state index in [1.54, 1.807) is 12.4 Å². The fourth-order valence-corrected chi connectivity index (χ4v) is 1.71. The van der Waals surface area contributed by atoms with E-state index in [1.165, 1.54) is 11.1 Å². The average Bonchev–Trinajstić information content (AvgIpc) is 2.38. The molecule has 0 aliphatic heterocycles. The van der Waals surface area contributed by atoms with E-state index in [0.717, 1.165) is 6.42 Å². The number of rotatable bonds is 4. The zero-order valence-corrected chi connectivity index (χ0v) is 9.01. The summed E-state index contributed by atoms with van der Waals surface area (Å²) in [7, 11) is 0. The third-order valence-corrected chi connectivity index (χ3v) is 2.59. The Labute approximate surface area is 95.3 Å². The number of benzene rings is 1. The number of nitrogens with zero attached hydrogens (tertiary/aromatic N) is 1. The maximum atomic E-state index is 5.59. The Balaban J connectivity index is 2.13. The highest BCUT2D eigenvalue weighted by molar-refractivity contribution is 5.22. The molecule has 82 valence electrons. The van der Waals surface area contributed by atoms with Crippen LogP contribution in [0, 0.1) is 0 Å². The van der Waals surface area contributed by atoms with E-state index in [0.29, 0.717) is 0 Å². The van der Waals surface area contributed by atoms with Crippen LogP contribution < -0.4 is 11.3 Å². The number of aromatic nitrogens is 1. The SMILES string of the molecule is NNC(Cc1ccncc1)c1ccccc1. The molecule has 3 heteroatoms. The zero-order chi connectivity index (χ0) is 11.2. The van der Waals surface area contributed by atoms with Gasteiger partial charge in [0.15, 0.2) is 0 Å². The van der Waals surface area contributed by atoms with Gasteiger partial charge in [-0.15, -0.1) is 0 Å². The molecule has 0 aliphatic rings. The van der Waals surface area contributed by atoms with E-state index in [1.807, 2.05) is 30.3 Å². The largest absolute Gasteiger partial charge is 0.271 e. The highest BCUT2D eigenvalue weighted by Crippen LogP contribution is 2.16. The highest BCUT2D eigenvalue weighted by Gasteiger charge is 2.09. The third kappa shape index (κ3) is 2.66. The van der Waals surface area contributed by atoms with Crippen molar-refractivity contribution in [3.05, 3.63) is 66.0 Å². The number of hydrogen-bond acceptors (Lipinski definition) is 3. The topological polar surface area (TPSA) is 50.9 Å². The fourth-order valence-electron chi connectivity index (χ4n) is 1.71. The smallest absolute Gasteiger partial charge is 0.0500 e. The van der Waals surface area contributed by atoms with E-state index in [-0.39, 0.29) is 6.04 Å². The molecule has 0 saturated heterocycles. The molecule has 0 aliphatic carbocycles. The van der Waals surface area contributed by atoms with Crippen molar-refractivity contribution in [2.24, 2.45) is 5.84 Å². The summed E-state index contributed by atoms with van der Waals surface area (Å²) in [4.78, 5) is 4.00. The lowest BCUT2D eigenvalue weighted by Gasteiger charge is -2.16. The molecule has 0 spiro atoms. The summed E-state index contributed by atoms with van der Waals surface area (Å²) in [6.07, 6.45) is 4.46. The van der Waals surface area contributed by atoms with Gasteiger partial charge in [0.1, 0.15) is 0 Å². The summed E-state index contributed by atoms with van der Waals surface area (Å²) in [5, 5.41) is 0. The molecule has 16 heavy (non-hydrogen) atoms. The molecular formula is C13H15N3. The second-order valence-electron chi connectivity index (χ2n) is 3.69. The monoisotopic (exact) mass is 213 g/mol. The quantitative estimate of drug-likeness (QED) is 0.601. The van der Waals surface area contributed by atoms with Gasteiger partial charge in [0, 0.05) is 18.4 Å². The molecule has 1 aromatic carbocycles. The lowest BCUT2D eigenvalue weighted by Crippen LogP contribution is -2.29. The van der Waals surface area contributed by atoms with Gasteiger partial charge in [-0.1, -0.05) is 30.3 Å². The van der Waals surface area contributed by atoms with Gasteiger partial charge in [0.25, 0.3) is 0 Å². The molecule has 0 fully saturated rings. The lowest BCUT2D eigenvalue weighted by molar-refractivity contribution is 0.552. The number of pyridine rings is 1. The number of nitrogens with one attached hydrogen (secondary N) is 1. The van der Waals surface area contributed by atoms with Gasteiger partial charge in [0.05, 0.1) is 0 Å². The summed E-state index contributed by atoms with van der Waals surface area (Å²) < 4.78 is 0. The van der Waals surface area contributed by atoms with Crippen LogP contribution in [0.3, 0.4) is 0 Å². The minimum Gasteiger partial charge on any atom is -0.271 e. The first-order chi connectivity index (χ1) is 7.90. The molecule has 0 radical (unpaired) electrons. The van der Waals surface area contributed by atoms with Gasteiger partial charge in [-0.25, -0.2) is 0 Å². The van der Waals surface area contributed by atoms with Crippen LogP contribution in [0.2, 0.25) is 0 Å². The molecular weight excluding hydrogens is 198 g/mol. The molecule has 1 atom stereocenters. The maximum absolute atomic E-state index is 5.59. The van der Waals surface area contributed by atoms with E-state index >= 15 is 0 Å². The molecule has 2 aromatic rings. The predicted molar refractivity (Wildman–Crippen MR) is 64.4 cm³/mol. The Bertz CT molecular complexity index is 414. The van der Waals surface area contributed by atoms with Crippen molar-refractivity contribution < 1.29 is 0 Å². The minimum atomic E-state index is 0.142. The zero-order valence-electron chi connectivity index (χ0n) is 9.01. The van der Waals surface area contributed by atoms with Gasteiger partial charge in [-0.2, -0.15) is 0 Å². The van der Waals surface area contributed by atoms with Crippen molar-refractivity contribution in [1.82, 2.24) is 10.4 Å². The average molecular weight is 213 g/mol. The van der Waals surface area contributed by atoms with Crippen LogP contribution in [0.15, 0.2) is 54.9 Å². The normalized spacial score (nSPS) is 12.3. The number of nitrogens with two attached hydrogens (primary N) is 1. The predicted octanol–water partition coefficient (Wildman–Crippen LogP) is 1.83. The molecule has 0 amide bonds. The Morgan fingerprint density at radius 3 is 2.38 bits per heavy atom. The lowest BCUT2D eigenvalue weighted by atomic mass is 10.0. The number of hydrogen-bond donors (Lipinski definition) is 2. The second-order valence-corrected chi connectivity index (χ2v) is 3.69. The molecule has 1 heterocycles. The molecule has 1 aromatic heterocycles. The first-order valence-corrected chi connectivity index (χ1v) is 5.30. The van der Waals surface area contributed by atoms with E-state index < -0.39 is 0 Å². The van der Waals surface area contributed by atoms with Crippen LogP contribution in [0.25, 0.3) is 0 Å². The van der Waals surface area contributed by atoms with Gasteiger partial charge in [-0.3, -0.25) is 16.3 Å². The first-order valence-electron chi connectivity index (χ1n) is 5.30. The van der Waals surface area contributed by atoms with Crippen LogP contribution in [0.5, 0.6) is 0 Å². The summed E-state index contributed by atoms with van der Waals surface area (Å²) in [6, 6.07) is 14.4. The summed E-state index contributed by atoms with van der Waals surface area (Å²) in [5.41, 5.74) is 5.27. The Hall–Kier alpha value is -1.71. The Kier molecular flexibility index (Phi) is 3.64. The van der Waals surface area contributed by atoms with E-state index in [4.69, 9.17) is 5.84 Å². The van der Waals surface area contributed by atoms with Gasteiger partial charge < -0.3 is 0 Å².